The first-order valence-corrected chi connectivity index (χ1v) is 5.71. The zero-order valence-electron chi connectivity index (χ0n) is 9.86. The summed E-state index contributed by atoms with van der Waals surface area (Å²) in [7, 11) is 0. The summed E-state index contributed by atoms with van der Waals surface area (Å²) in [6.45, 7) is 3.62. The molecule has 0 saturated heterocycles. The Labute approximate surface area is 97.6 Å². The largest absolute Gasteiger partial charge is 0.392 e. The van der Waals surface area contributed by atoms with E-state index in [0.29, 0.717) is 6.61 Å². The van der Waals surface area contributed by atoms with Crippen LogP contribution in [-0.2, 0) is 11.3 Å². The Morgan fingerprint density at radius 2 is 2.06 bits per heavy atom. The summed E-state index contributed by atoms with van der Waals surface area (Å²) in [5.41, 5.74) is 2.44. The van der Waals surface area contributed by atoms with Crippen molar-refractivity contribution < 1.29 is 9.84 Å². The molecule has 0 radical (unpaired) electrons. The Morgan fingerprint density at radius 3 is 2.75 bits per heavy atom. The molecule has 0 spiro atoms. The molecule has 0 saturated carbocycles. The van der Waals surface area contributed by atoms with E-state index in [1.165, 1.54) is 11.1 Å². The van der Waals surface area contributed by atoms with Gasteiger partial charge in [0.15, 0.2) is 0 Å². The number of hydrogen-bond acceptors (Lipinski definition) is 2. The molecule has 88 valence electrons. The maximum absolute atomic E-state index is 8.68. The van der Waals surface area contributed by atoms with Gasteiger partial charge in [-0.15, -0.1) is 0 Å². The molecule has 0 heterocycles. The third-order valence-corrected chi connectivity index (χ3v) is 2.41. The fourth-order valence-corrected chi connectivity index (χ4v) is 1.48. The summed E-state index contributed by atoms with van der Waals surface area (Å²) in [5, 5.41) is 8.68. The molecular formula is C14H20O2. The summed E-state index contributed by atoms with van der Waals surface area (Å²) in [4.78, 5) is 0. The second-order valence-electron chi connectivity index (χ2n) is 3.87. The summed E-state index contributed by atoms with van der Waals surface area (Å²) < 4.78 is 5.56. The quantitative estimate of drug-likeness (QED) is 0.565. The summed E-state index contributed by atoms with van der Waals surface area (Å²) >= 11 is 0. The average Bonchev–Trinajstić information content (AvgIpc) is 2.30. The van der Waals surface area contributed by atoms with E-state index in [1.54, 1.807) is 0 Å². The molecule has 16 heavy (non-hydrogen) atoms. The van der Waals surface area contributed by atoms with Gasteiger partial charge in [0, 0.05) is 6.61 Å². The van der Waals surface area contributed by atoms with Gasteiger partial charge in [0.05, 0.1) is 13.2 Å². The second kappa shape index (κ2) is 8.08. The average molecular weight is 220 g/mol. The Hall–Kier alpha value is -1.12. The van der Waals surface area contributed by atoms with Gasteiger partial charge in [-0.1, -0.05) is 42.0 Å². The van der Waals surface area contributed by atoms with Gasteiger partial charge in [-0.2, -0.15) is 0 Å². The van der Waals surface area contributed by atoms with E-state index in [0.717, 1.165) is 19.4 Å². The molecular weight excluding hydrogens is 200 g/mol. The van der Waals surface area contributed by atoms with Crippen molar-refractivity contribution in [2.75, 3.05) is 13.2 Å². The molecule has 1 aromatic rings. The minimum Gasteiger partial charge on any atom is -0.392 e. The van der Waals surface area contributed by atoms with Crippen LogP contribution in [0.4, 0.5) is 0 Å². The van der Waals surface area contributed by atoms with Gasteiger partial charge in [-0.3, -0.25) is 0 Å². The van der Waals surface area contributed by atoms with E-state index in [9.17, 15) is 0 Å². The molecule has 0 fully saturated rings. The molecule has 0 aromatic heterocycles. The van der Waals surface area contributed by atoms with Gasteiger partial charge >= 0.3 is 0 Å². The normalized spacial score (nSPS) is 11.8. The third kappa shape index (κ3) is 5.69. The van der Waals surface area contributed by atoms with Gasteiger partial charge in [-0.05, 0) is 25.3 Å². The van der Waals surface area contributed by atoms with E-state index in [4.69, 9.17) is 9.84 Å². The molecule has 0 unspecified atom stereocenters. The lowest BCUT2D eigenvalue weighted by molar-refractivity contribution is 0.118. The summed E-state index contributed by atoms with van der Waals surface area (Å²) in [5.74, 6) is 0. The Morgan fingerprint density at radius 1 is 1.31 bits per heavy atom. The van der Waals surface area contributed by atoms with Crippen molar-refractivity contribution in [2.24, 2.45) is 0 Å². The molecule has 1 aromatic carbocycles. The van der Waals surface area contributed by atoms with Crippen molar-refractivity contribution in [3.63, 3.8) is 0 Å². The first-order valence-electron chi connectivity index (χ1n) is 5.71. The molecule has 2 heteroatoms. The van der Waals surface area contributed by atoms with Crippen LogP contribution in [0.2, 0.25) is 0 Å². The first-order chi connectivity index (χ1) is 7.83. The smallest absolute Gasteiger partial charge is 0.0716 e. The topological polar surface area (TPSA) is 29.5 Å². The molecule has 0 bridgehead atoms. The third-order valence-electron chi connectivity index (χ3n) is 2.41. The van der Waals surface area contributed by atoms with Crippen molar-refractivity contribution in [1.82, 2.24) is 0 Å². The van der Waals surface area contributed by atoms with E-state index < -0.39 is 0 Å². The van der Waals surface area contributed by atoms with Crippen LogP contribution in [0.15, 0.2) is 42.0 Å². The molecule has 2 nitrogen and oxygen atoms in total. The number of rotatable bonds is 7. The SMILES string of the molecule is C/C(=C\CO)CCCOCc1ccccc1. The number of ether oxygens (including phenoxy) is 1. The molecule has 1 rings (SSSR count). The van der Waals surface area contributed by atoms with Crippen LogP contribution in [0.3, 0.4) is 0 Å². The van der Waals surface area contributed by atoms with Gasteiger partial charge in [0.25, 0.3) is 0 Å². The maximum atomic E-state index is 8.68. The number of aliphatic hydroxyl groups is 1. The van der Waals surface area contributed by atoms with Crippen LogP contribution in [0, 0.1) is 0 Å². The maximum Gasteiger partial charge on any atom is 0.0716 e. The van der Waals surface area contributed by atoms with Crippen LogP contribution in [0.1, 0.15) is 25.3 Å². The monoisotopic (exact) mass is 220 g/mol. The van der Waals surface area contributed by atoms with Crippen molar-refractivity contribution in [3.8, 4) is 0 Å². The fourth-order valence-electron chi connectivity index (χ4n) is 1.48. The number of hydrogen-bond donors (Lipinski definition) is 1. The van der Waals surface area contributed by atoms with Crippen LogP contribution in [0.25, 0.3) is 0 Å². The van der Waals surface area contributed by atoms with E-state index >= 15 is 0 Å². The zero-order chi connectivity index (χ0) is 11.6. The minimum atomic E-state index is 0.136. The van der Waals surface area contributed by atoms with Gasteiger partial charge in [-0.25, -0.2) is 0 Å². The van der Waals surface area contributed by atoms with E-state index in [-0.39, 0.29) is 6.61 Å². The van der Waals surface area contributed by atoms with Crippen molar-refractivity contribution in [2.45, 2.75) is 26.4 Å². The zero-order valence-corrected chi connectivity index (χ0v) is 9.86. The highest BCUT2D eigenvalue weighted by Crippen LogP contribution is 2.05. The van der Waals surface area contributed by atoms with Crippen molar-refractivity contribution >= 4 is 0 Å². The molecule has 0 aliphatic heterocycles. The van der Waals surface area contributed by atoms with Crippen LogP contribution >= 0.6 is 0 Å². The molecule has 0 amide bonds. The van der Waals surface area contributed by atoms with Crippen LogP contribution < -0.4 is 0 Å². The van der Waals surface area contributed by atoms with Gasteiger partial charge < -0.3 is 9.84 Å². The van der Waals surface area contributed by atoms with Gasteiger partial charge in [0.2, 0.25) is 0 Å². The molecule has 0 aliphatic rings. The predicted octanol–water partition coefficient (Wildman–Crippen LogP) is 2.92. The molecule has 1 N–H and O–H groups in total. The second-order valence-corrected chi connectivity index (χ2v) is 3.87. The number of allylic oxidation sites excluding steroid dienone is 1. The standard InChI is InChI=1S/C14H20O2/c1-13(9-10-15)6-5-11-16-12-14-7-3-2-4-8-14/h2-4,7-9,15H,5-6,10-12H2,1H3/b13-9+. The highest BCUT2D eigenvalue weighted by atomic mass is 16.5. The van der Waals surface area contributed by atoms with E-state index in [1.807, 2.05) is 31.2 Å². The number of benzene rings is 1. The predicted molar refractivity (Wildman–Crippen MR) is 66.2 cm³/mol. The van der Waals surface area contributed by atoms with E-state index in [2.05, 4.69) is 12.1 Å². The molecule has 0 atom stereocenters. The van der Waals surface area contributed by atoms with Crippen molar-refractivity contribution in [1.29, 1.82) is 0 Å². The molecule has 0 aliphatic carbocycles. The van der Waals surface area contributed by atoms with Crippen molar-refractivity contribution in [3.05, 3.63) is 47.5 Å². The summed E-state index contributed by atoms with van der Waals surface area (Å²) in [6, 6.07) is 10.2. The Kier molecular flexibility index (Phi) is 6.54. The lowest BCUT2D eigenvalue weighted by Crippen LogP contribution is -1.95. The first kappa shape index (κ1) is 12.9. The highest BCUT2D eigenvalue weighted by molar-refractivity contribution is 5.13. The number of aliphatic hydroxyl groups excluding tert-OH is 1. The Bertz CT molecular complexity index is 304. The fraction of sp³-hybridized carbons (Fsp3) is 0.429. The lowest BCUT2D eigenvalue weighted by Gasteiger charge is -2.04. The Balaban J connectivity index is 2.07. The minimum absolute atomic E-state index is 0.136. The lowest BCUT2D eigenvalue weighted by atomic mass is 10.1. The van der Waals surface area contributed by atoms with Gasteiger partial charge in [0.1, 0.15) is 0 Å². The summed E-state index contributed by atoms with van der Waals surface area (Å²) in [6.07, 6.45) is 3.85. The van der Waals surface area contributed by atoms with Crippen LogP contribution in [-0.4, -0.2) is 18.3 Å². The van der Waals surface area contributed by atoms with Crippen LogP contribution in [0.5, 0.6) is 0 Å². The highest BCUT2D eigenvalue weighted by Gasteiger charge is 1.93.